The molecule has 0 aliphatic rings. The largest absolute Gasteiger partial charge is 0.351 e. The predicted octanol–water partition coefficient (Wildman–Crippen LogP) is 3.55. The van der Waals surface area contributed by atoms with E-state index in [-0.39, 0.29) is 45.8 Å². The predicted molar refractivity (Wildman–Crippen MR) is 155 cm³/mol. The van der Waals surface area contributed by atoms with E-state index < -0.39 is 0 Å². The van der Waals surface area contributed by atoms with Crippen molar-refractivity contribution in [1.82, 2.24) is 30.4 Å². The third-order valence-electron chi connectivity index (χ3n) is 5.24. The minimum atomic E-state index is -0.0948. The maximum Gasteiger partial charge on any atom is 0.251 e. The summed E-state index contributed by atoms with van der Waals surface area (Å²) in [5.74, 6) is -0.190. The third kappa shape index (κ3) is 9.42. The number of carbonyl (C=O) groups excluding carboxylic acids is 2. The summed E-state index contributed by atoms with van der Waals surface area (Å²) < 4.78 is 0. The van der Waals surface area contributed by atoms with Gasteiger partial charge in [0.2, 0.25) is 0 Å². The fraction of sp³-hybridized carbons (Fsp3) is 0.308. The van der Waals surface area contributed by atoms with Crippen LogP contribution in [0.25, 0.3) is 22.5 Å². The van der Waals surface area contributed by atoms with Crippen molar-refractivity contribution in [3.05, 3.63) is 72.1 Å². The molecule has 194 valence electrons. The Kier molecular flexibility index (Phi) is 13.5. The lowest BCUT2D eigenvalue weighted by atomic mass is 10.0. The second-order valence-electron chi connectivity index (χ2n) is 8.56. The van der Waals surface area contributed by atoms with Gasteiger partial charge in [0.05, 0.1) is 11.4 Å². The summed E-state index contributed by atoms with van der Waals surface area (Å²) >= 11 is 0. The van der Waals surface area contributed by atoms with Crippen LogP contribution >= 0.6 is 34.0 Å². The van der Waals surface area contributed by atoms with E-state index in [0.717, 1.165) is 35.6 Å². The molecule has 1 aromatic heterocycles. The number of aromatic nitrogens is 2. The van der Waals surface area contributed by atoms with E-state index in [4.69, 9.17) is 0 Å². The number of amides is 2. The Morgan fingerprint density at radius 2 is 1.03 bits per heavy atom. The highest BCUT2D eigenvalue weighted by Gasteiger charge is 2.09. The molecule has 2 amide bonds. The maximum atomic E-state index is 12.3. The summed E-state index contributed by atoms with van der Waals surface area (Å²) in [6, 6.07) is 16.6. The molecule has 0 fully saturated rings. The SMILES string of the molecule is Br.Br.CN(C)CCNC(=O)c1ccc(-c2cc(-c3ccc(C(=O)NCCN(C)C)cc3)ncn2)cc1. The minimum absolute atomic E-state index is 0. The fourth-order valence-electron chi connectivity index (χ4n) is 3.25. The van der Waals surface area contributed by atoms with E-state index in [2.05, 4.69) is 20.6 Å². The van der Waals surface area contributed by atoms with Crippen LogP contribution in [0.3, 0.4) is 0 Å². The Hall–Kier alpha value is -2.66. The van der Waals surface area contributed by atoms with Gasteiger partial charge in [-0.05, 0) is 58.5 Å². The summed E-state index contributed by atoms with van der Waals surface area (Å²) in [5.41, 5.74) is 4.52. The first-order valence-electron chi connectivity index (χ1n) is 11.2. The lowest BCUT2D eigenvalue weighted by Gasteiger charge is -2.11. The number of likely N-dealkylation sites (N-methyl/N-ethyl adjacent to an activating group) is 2. The molecule has 3 aromatic rings. The molecule has 10 heteroatoms. The van der Waals surface area contributed by atoms with Crippen LogP contribution in [0.2, 0.25) is 0 Å². The Morgan fingerprint density at radius 3 is 1.36 bits per heavy atom. The van der Waals surface area contributed by atoms with Crippen molar-refractivity contribution in [3.63, 3.8) is 0 Å². The molecular formula is C26H34Br2N6O2. The van der Waals surface area contributed by atoms with Gasteiger partial charge in [-0.1, -0.05) is 24.3 Å². The molecule has 3 rings (SSSR count). The van der Waals surface area contributed by atoms with Gasteiger partial charge >= 0.3 is 0 Å². The van der Waals surface area contributed by atoms with Gasteiger partial charge in [-0.15, -0.1) is 34.0 Å². The third-order valence-corrected chi connectivity index (χ3v) is 5.24. The smallest absolute Gasteiger partial charge is 0.251 e. The van der Waals surface area contributed by atoms with E-state index in [1.165, 1.54) is 6.33 Å². The molecule has 0 bridgehead atoms. The Bertz CT molecular complexity index is 1020. The number of carbonyl (C=O) groups is 2. The first kappa shape index (κ1) is 31.4. The summed E-state index contributed by atoms with van der Waals surface area (Å²) in [6.45, 7) is 2.77. The monoisotopic (exact) mass is 620 g/mol. The zero-order valence-electron chi connectivity index (χ0n) is 21.0. The van der Waals surface area contributed by atoms with Gasteiger partial charge in [0.25, 0.3) is 11.8 Å². The van der Waals surface area contributed by atoms with Gasteiger partial charge in [-0.2, -0.15) is 0 Å². The first-order valence-corrected chi connectivity index (χ1v) is 11.2. The molecule has 0 unspecified atom stereocenters. The molecule has 2 N–H and O–H groups in total. The van der Waals surface area contributed by atoms with Crippen LogP contribution in [-0.2, 0) is 0 Å². The second kappa shape index (κ2) is 15.5. The fourth-order valence-corrected chi connectivity index (χ4v) is 3.25. The summed E-state index contributed by atoms with van der Waals surface area (Å²) in [7, 11) is 7.87. The van der Waals surface area contributed by atoms with Gasteiger partial charge in [-0.25, -0.2) is 9.97 Å². The van der Waals surface area contributed by atoms with Gasteiger partial charge in [0.1, 0.15) is 6.33 Å². The molecule has 0 spiro atoms. The molecule has 0 saturated carbocycles. The normalized spacial score (nSPS) is 10.4. The van der Waals surface area contributed by atoms with Crippen molar-refractivity contribution in [2.75, 3.05) is 54.4 Å². The van der Waals surface area contributed by atoms with Crippen molar-refractivity contribution in [2.24, 2.45) is 0 Å². The number of benzene rings is 2. The number of nitrogens with zero attached hydrogens (tertiary/aromatic N) is 4. The van der Waals surface area contributed by atoms with Crippen LogP contribution in [0, 0.1) is 0 Å². The van der Waals surface area contributed by atoms with E-state index in [1.807, 2.05) is 68.3 Å². The highest BCUT2D eigenvalue weighted by atomic mass is 79.9. The average Bonchev–Trinajstić information content (AvgIpc) is 2.84. The quantitative estimate of drug-likeness (QED) is 0.360. The molecule has 8 nitrogen and oxygen atoms in total. The topological polar surface area (TPSA) is 90.5 Å². The van der Waals surface area contributed by atoms with Crippen molar-refractivity contribution in [2.45, 2.75) is 0 Å². The zero-order valence-corrected chi connectivity index (χ0v) is 24.4. The first-order chi connectivity index (χ1) is 16.3. The summed E-state index contributed by atoms with van der Waals surface area (Å²) in [6.07, 6.45) is 1.52. The minimum Gasteiger partial charge on any atom is -0.351 e. The van der Waals surface area contributed by atoms with Gasteiger partial charge in [0, 0.05) is 48.4 Å². The van der Waals surface area contributed by atoms with Gasteiger partial charge in [0.15, 0.2) is 0 Å². The van der Waals surface area contributed by atoms with Crippen LogP contribution in [0.15, 0.2) is 60.9 Å². The standard InChI is InChI=1S/C26H32N6O2.2BrH/c1-31(2)15-13-27-25(33)21-9-5-19(6-10-21)23-17-24(30-18-29-23)20-7-11-22(12-8-20)26(34)28-14-16-32(3)4;;/h5-12,17-18H,13-16H2,1-4H3,(H,27,33)(H,28,34);2*1H. The molecule has 36 heavy (non-hydrogen) atoms. The highest BCUT2D eigenvalue weighted by Crippen LogP contribution is 2.23. The average molecular weight is 622 g/mol. The molecule has 2 aromatic carbocycles. The summed E-state index contributed by atoms with van der Waals surface area (Å²) in [4.78, 5) is 37.4. The Labute approximate surface area is 234 Å². The molecule has 0 aliphatic heterocycles. The molecule has 0 atom stereocenters. The van der Waals surface area contributed by atoms with E-state index in [1.54, 1.807) is 24.3 Å². The molecule has 0 aliphatic carbocycles. The molecular weight excluding hydrogens is 588 g/mol. The molecule has 0 saturated heterocycles. The highest BCUT2D eigenvalue weighted by molar-refractivity contribution is 8.93. The number of hydrogen-bond acceptors (Lipinski definition) is 6. The van der Waals surface area contributed by atoms with Crippen molar-refractivity contribution < 1.29 is 9.59 Å². The molecule has 1 heterocycles. The van der Waals surface area contributed by atoms with Crippen LogP contribution in [0.4, 0.5) is 0 Å². The van der Waals surface area contributed by atoms with Crippen LogP contribution in [0.5, 0.6) is 0 Å². The van der Waals surface area contributed by atoms with Gasteiger partial charge in [-0.3, -0.25) is 9.59 Å². The summed E-state index contributed by atoms with van der Waals surface area (Å²) in [5, 5.41) is 5.82. The number of nitrogens with one attached hydrogen (secondary N) is 2. The van der Waals surface area contributed by atoms with E-state index in [9.17, 15) is 9.59 Å². The van der Waals surface area contributed by atoms with Crippen LogP contribution in [-0.4, -0.2) is 86.0 Å². The van der Waals surface area contributed by atoms with Crippen molar-refractivity contribution in [1.29, 1.82) is 0 Å². The number of hydrogen-bond donors (Lipinski definition) is 2. The van der Waals surface area contributed by atoms with E-state index >= 15 is 0 Å². The lowest BCUT2D eigenvalue weighted by Crippen LogP contribution is -2.31. The van der Waals surface area contributed by atoms with Crippen molar-refractivity contribution >= 4 is 45.8 Å². The Balaban J connectivity index is 0.00000324. The van der Waals surface area contributed by atoms with Crippen LogP contribution in [0.1, 0.15) is 20.7 Å². The number of rotatable bonds is 10. The number of halogens is 2. The zero-order chi connectivity index (χ0) is 24.5. The van der Waals surface area contributed by atoms with Crippen LogP contribution < -0.4 is 10.6 Å². The van der Waals surface area contributed by atoms with Crippen molar-refractivity contribution in [3.8, 4) is 22.5 Å². The van der Waals surface area contributed by atoms with Gasteiger partial charge < -0.3 is 20.4 Å². The second-order valence-corrected chi connectivity index (χ2v) is 8.56. The maximum absolute atomic E-state index is 12.3. The molecule has 0 radical (unpaired) electrons. The van der Waals surface area contributed by atoms with E-state index in [0.29, 0.717) is 24.2 Å². The lowest BCUT2D eigenvalue weighted by molar-refractivity contribution is 0.0943. The Morgan fingerprint density at radius 1 is 0.667 bits per heavy atom.